The van der Waals surface area contributed by atoms with E-state index in [1.165, 1.54) is 38.5 Å². The molecule has 3 rings (SSSR count). The molecule has 0 aliphatic carbocycles. The Morgan fingerprint density at radius 1 is 0.480 bits per heavy atom. The van der Waals surface area contributed by atoms with Crippen LogP contribution >= 0.6 is 0 Å². The summed E-state index contributed by atoms with van der Waals surface area (Å²) in [5.41, 5.74) is 0. The van der Waals surface area contributed by atoms with Gasteiger partial charge in [0, 0.05) is 0 Å². The molecule has 4 nitrogen and oxygen atoms in total. The van der Waals surface area contributed by atoms with Gasteiger partial charge in [0.2, 0.25) is 0 Å². The molecule has 25 heavy (non-hydrogen) atoms. The predicted molar refractivity (Wildman–Crippen MR) is 117 cm³/mol. The summed E-state index contributed by atoms with van der Waals surface area (Å²) < 4.78 is 4.82. The van der Waals surface area contributed by atoms with Crippen molar-refractivity contribution in [2.45, 2.75) is 77.8 Å². The molecular formula is C18H42HfN4Si2. The van der Waals surface area contributed by atoms with E-state index in [9.17, 15) is 0 Å². The fraction of sp³-hybridized carbons (Fsp3) is 1.00. The van der Waals surface area contributed by atoms with Crippen LogP contribution in [0.5, 0.6) is 0 Å². The second-order valence-electron chi connectivity index (χ2n) is 8.59. The summed E-state index contributed by atoms with van der Waals surface area (Å²) in [5.74, 6) is 0. The van der Waals surface area contributed by atoms with Crippen LogP contribution in [0.1, 0.15) is 38.5 Å². The molecule has 0 aromatic rings. The van der Waals surface area contributed by atoms with Gasteiger partial charge in [-0.25, -0.2) is 0 Å². The zero-order chi connectivity index (χ0) is 18.3. The number of rotatable bonds is 2. The third-order valence-corrected chi connectivity index (χ3v) is 8.68. The van der Waals surface area contributed by atoms with E-state index in [1.54, 1.807) is 0 Å². The van der Waals surface area contributed by atoms with Crippen molar-refractivity contribution in [2.24, 2.45) is 0 Å². The molecule has 146 valence electrons. The van der Waals surface area contributed by atoms with Gasteiger partial charge >= 0.3 is 25.8 Å². The standard InChI is InChI=1S/C6H18NSi2.3C4H8N.Hf/c1-8(2,3)7-9(4,5)6;3*1-2-4-5-3-1;/h1-6H3;3*1-4H2;/q4*-1;+4. The maximum atomic E-state index is 4.82. The van der Waals surface area contributed by atoms with E-state index in [0.717, 1.165) is 39.3 Å². The first kappa shape index (κ1) is 28.4. The molecule has 0 spiro atoms. The van der Waals surface area contributed by atoms with E-state index >= 15 is 0 Å². The van der Waals surface area contributed by atoms with Crippen LogP contribution in [-0.2, 0) is 25.8 Å². The van der Waals surface area contributed by atoms with Gasteiger partial charge in [-0.3, -0.25) is 0 Å². The van der Waals surface area contributed by atoms with Gasteiger partial charge in [-0.15, -0.1) is 39.3 Å². The molecule has 0 N–H and O–H groups in total. The second-order valence-corrected chi connectivity index (χ2v) is 18.2. The monoisotopic (exact) mass is 550 g/mol. The van der Waals surface area contributed by atoms with Crippen LogP contribution in [0.4, 0.5) is 0 Å². The van der Waals surface area contributed by atoms with E-state index in [4.69, 9.17) is 4.65 Å². The molecule has 0 amide bonds. The van der Waals surface area contributed by atoms with E-state index < -0.39 is 16.5 Å². The minimum Gasteiger partial charge on any atom is -0.668 e. The van der Waals surface area contributed by atoms with Gasteiger partial charge in [0.15, 0.2) is 0 Å². The number of hydrogen-bond donors (Lipinski definition) is 0. The van der Waals surface area contributed by atoms with Gasteiger partial charge in [-0.1, -0.05) is 94.3 Å². The quantitative estimate of drug-likeness (QED) is 0.354. The van der Waals surface area contributed by atoms with Gasteiger partial charge in [0.25, 0.3) is 0 Å². The molecule has 3 aliphatic heterocycles. The first-order valence-corrected chi connectivity index (χ1v) is 16.7. The van der Waals surface area contributed by atoms with Crippen molar-refractivity contribution in [1.29, 1.82) is 0 Å². The topological polar surface area (TPSA) is 56.4 Å². The Hall–Kier alpha value is 1.14. The normalized spacial score (nSPS) is 19.4. The molecule has 3 fully saturated rings. The molecule has 3 aliphatic rings. The van der Waals surface area contributed by atoms with Crippen LogP contribution in [-0.4, -0.2) is 55.7 Å². The Balaban J connectivity index is 0. The molecule has 0 bridgehead atoms. The SMILES string of the molecule is C1CC[N-]C1.C1CC[N-]C1.C1CC[N-]C1.C[Si](C)(C)[N-][Si](C)(C)C.[Hf+4]. The number of nitrogens with zero attached hydrogens (tertiary/aromatic N) is 4. The fourth-order valence-electron chi connectivity index (χ4n) is 2.68. The van der Waals surface area contributed by atoms with Crippen molar-refractivity contribution in [3.63, 3.8) is 0 Å². The number of hydrogen-bond acceptors (Lipinski definition) is 0. The van der Waals surface area contributed by atoms with Crippen LogP contribution in [0.15, 0.2) is 0 Å². The maximum Gasteiger partial charge on any atom is 4.00 e. The van der Waals surface area contributed by atoms with Gasteiger partial charge in [-0.2, -0.15) is 0 Å². The molecule has 0 aromatic carbocycles. The largest absolute Gasteiger partial charge is 4.00 e. The summed E-state index contributed by atoms with van der Waals surface area (Å²) in [4.78, 5) is 0. The average molecular weight is 549 g/mol. The summed E-state index contributed by atoms with van der Waals surface area (Å²) in [7, 11) is -2.21. The van der Waals surface area contributed by atoms with Crippen molar-refractivity contribution in [3.05, 3.63) is 20.6 Å². The fourth-order valence-corrected chi connectivity index (χ4v) is 10.7. The average Bonchev–Trinajstić information content (AvgIpc) is 3.24. The van der Waals surface area contributed by atoms with Crippen molar-refractivity contribution in [1.82, 2.24) is 0 Å². The van der Waals surface area contributed by atoms with Gasteiger partial charge < -0.3 is 20.6 Å². The Labute approximate surface area is 179 Å². The predicted octanol–water partition coefficient (Wildman–Crippen LogP) is 6.49. The molecular weight excluding hydrogens is 507 g/mol. The third-order valence-electron chi connectivity index (χ3n) is 3.32. The summed E-state index contributed by atoms with van der Waals surface area (Å²) in [6.45, 7) is 20.5. The third kappa shape index (κ3) is 27.5. The van der Waals surface area contributed by atoms with Crippen LogP contribution in [0.2, 0.25) is 39.3 Å². The maximum absolute atomic E-state index is 4.82. The van der Waals surface area contributed by atoms with Crippen LogP contribution < -0.4 is 0 Å². The molecule has 0 saturated carbocycles. The van der Waals surface area contributed by atoms with E-state index in [-0.39, 0.29) is 25.8 Å². The summed E-state index contributed by atoms with van der Waals surface area (Å²) in [6, 6.07) is 0. The first-order valence-electron chi connectivity index (χ1n) is 9.84. The minimum absolute atomic E-state index is 0. The van der Waals surface area contributed by atoms with E-state index in [2.05, 4.69) is 55.2 Å². The van der Waals surface area contributed by atoms with Crippen LogP contribution in [0, 0.1) is 0 Å². The molecule has 0 radical (unpaired) electrons. The Bertz CT molecular complexity index is 211. The van der Waals surface area contributed by atoms with Gasteiger partial charge in [0.05, 0.1) is 0 Å². The van der Waals surface area contributed by atoms with E-state index in [0.29, 0.717) is 0 Å². The minimum atomic E-state index is -1.11. The zero-order valence-corrected chi connectivity index (χ0v) is 23.4. The van der Waals surface area contributed by atoms with Gasteiger partial charge in [-0.05, 0) is 0 Å². The molecule has 3 heterocycles. The Morgan fingerprint density at radius 2 is 0.680 bits per heavy atom. The van der Waals surface area contributed by atoms with Crippen molar-refractivity contribution in [3.8, 4) is 0 Å². The Morgan fingerprint density at radius 3 is 0.720 bits per heavy atom. The molecule has 3 saturated heterocycles. The summed E-state index contributed by atoms with van der Waals surface area (Å²) in [6.07, 6.45) is 8.00. The molecule has 0 unspecified atom stereocenters. The van der Waals surface area contributed by atoms with Crippen molar-refractivity contribution >= 4 is 16.5 Å². The summed E-state index contributed by atoms with van der Waals surface area (Å²) in [5, 5.41) is 12.2. The molecule has 0 aromatic heterocycles. The molecule has 7 heteroatoms. The van der Waals surface area contributed by atoms with Crippen molar-refractivity contribution in [2.75, 3.05) is 39.3 Å². The second kappa shape index (κ2) is 17.3. The zero-order valence-electron chi connectivity index (χ0n) is 17.8. The van der Waals surface area contributed by atoms with E-state index in [1.807, 2.05) is 0 Å². The Kier molecular flexibility index (Phi) is 19.6. The molecule has 0 atom stereocenters. The van der Waals surface area contributed by atoms with Gasteiger partial charge in [0.1, 0.15) is 0 Å². The smallest absolute Gasteiger partial charge is 0.668 e. The van der Waals surface area contributed by atoms with Crippen LogP contribution in [0.3, 0.4) is 0 Å². The van der Waals surface area contributed by atoms with Crippen molar-refractivity contribution < 1.29 is 25.8 Å². The van der Waals surface area contributed by atoms with Crippen LogP contribution in [0.25, 0.3) is 20.6 Å². The first-order chi connectivity index (χ1) is 11.2. The summed E-state index contributed by atoms with van der Waals surface area (Å²) >= 11 is 0.